The van der Waals surface area contributed by atoms with Gasteiger partial charge in [-0.25, -0.2) is 4.68 Å². The highest BCUT2D eigenvalue weighted by atomic mass is 16.5. The van der Waals surface area contributed by atoms with E-state index in [1.807, 2.05) is 29.8 Å². The molecule has 0 saturated carbocycles. The van der Waals surface area contributed by atoms with E-state index in [4.69, 9.17) is 4.74 Å². The van der Waals surface area contributed by atoms with Gasteiger partial charge in [-0.05, 0) is 56.6 Å². The monoisotopic (exact) mass is 357 g/mol. The summed E-state index contributed by atoms with van der Waals surface area (Å²) in [5.74, 6) is -0.0916. The molecule has 140 valence electrons. The molecule has 1 N–H and O–H groups in total. The highest BCUT2D eigenvalue weighted by molar-refractivity contribution is 5.70. The molecule has 2 aromatic rings. The standard InChI is InChI=1S/C20H27N3O3/c1-15-10-18(14-24)21-23(15)19-7-5-6-16(11-19)17(12-20(25)26-2)13-22-8-3-4-9-22/h5-7,10-11,17,24H,3-4,8-9,12-14H2,1-2H3. The largest absolute Gasteiger partial charge is 0.469 e. The Bertz CT molecular complexity index is 751. The van der Waals surface area contributed by atoms with E-state index in [2.05, 4.69) is 22.1 Å². The summed E-state index contributed by atoms with van der Waals surface area (Å²) in [6, 6.07) is 10.0. The summed E-state index contributed by atoms with van der Waals surface area (Å²) in [6.07, 6.45) is 2.82. The number of methoxy groups -OCH3 is 1. The van der Waals surface area contributed by atoms with E-state index in [0.29, 0.717) is 12.1 Å². The first-order chi connectivity index (χ1) is 12.6. The summed E-state index contributed by atoms with van der Waals surface area (Å²) in [4.78, 5) is 14.4. The van der Waals surface area contributed by atoms with Crippen molar-refractivity contribution in [1.82, 2.24) is 14.7 Å². The minimum Gasteiger partial charge on any atom is -0.469 e. The number of aromatic nitrogens is 2. The van der Waals surface area contributed by atoms with Gasteiger partial charge in [0.2, 0.25) is 0 Å². The number of hydrogen-bond donors (Lipinski definition) is 1. The van der Waals surface area contributed by atoms with Gasteiger partial charge in [0.05, 0.1) is 31.5 Å². The van der Waals surface area contributed by atoms with Crippen molar-refractivity contribution in [2.45, 2.75) is 38.7 Å². The molecule has 26 heavy (non-hydrogen) atoms. The van der Waals surface area contributed by atoms with Crippen LogP contribution < -0.4 is 0 Å². The second-order valence-corrected chi connectivity index (χ2v) is 6.93. The van der Waals surface area contributed by atoms with Crippen LogP contribution >= 0.6 is 0 Å². The van der Waals surface area contributed by atoms with E-state index in [1.165, 1.54) is 20.0 Å². The van der Waals surface area contributed by atoms with E-state index in [9.17, 15) is 9.90 Å². The fourth-order valence-corrected chi connectivity index (χ4v) is 3.64. The van der Waals surface area contributed by atoms with E-state index in [1.54, 1.807) is 0 Å². The van der Waals surface area contributed by atoms with Gasteiger partial charge < -0.3 is 14.7 Å². The Balaban J connectivity index is 1.87. The molecule has 1 fully saturated rings. The molecule has 6 nitrogen and oxygen atoms in total. The SMILES string of the molecule is COC(=O)CC(CN1CCCC1)c1cccc(-n2nc(CO)cc2C)c1. The summed E-state index contributed by atoms with van der Waals surface area (Å²) in [6.45, 7) is 4.94. The zero-order valence-electron chi connectivity index (χ0n) is 15.5. The molecule has 1 aromatic carbocycles. The Kier molecular flexibility index (Phi) is 6.06. The Morgan fingerprint density at radius 1 is 1.31 bits per heavy atom. The number of aliphatic hydroxyl groups excluding tert-OH is 1. The minimum atomic E-state index is -0.183. The van der Waals surface area contributed by atoms with E-state index < -0.39 is 0 Å². The lowest BCUT2D eigenvalue weighted by atomic mass is 9.94. The third kappa shape index (κ3) is 4.31. The molecule has 0 aliphatic carbocycles. The zero-order valence-corrected chi connectivity index (χ0v) is 15.5. The molecule has 0 radical (unpaired) electrons. The number of nitrogens with zero attached hydrogens (tertiary/aromatic N) is 3. The van der Waals surface area contributed by atoms with Crippen molar-refractivity contribution in [3.8, 4) is 5.69 Å². The van der Waals surface area contributed by atoms with Crippen LogP contribution in [0.3, 0.4) is 0 Å². The van der Waals surface area contributed by atoms with Crippen LogP contribution in [0, 0.1) is 6.92 Å². The first-order valence-corrected chi connectivity index (χ1v) is 9.16. The van der Waals surface area contributed by atoms with Gasteiger partial charge in [-0.3, -0.25) is 4.79 Å². The molecule has 0 bridgehead atoms. The van der Waals surface area contributed by atoms with Crippen LogP contribution in [0.1, 0.15) is 42.1 Å². The van der Waals surface area contributed by atoms with Crippen LogP contribution in [0.5, 0.6) is 0 Å². The molecule has 1 saturated heterocycles. The van der Waals surface area contributed by atoms with Gasteiger partial charge in [0.25, 0.3) is 0 Å². The highest BCUT2D eigenvalue weighted by Crippen LogP contribution is 2.26. The summed E-state index contributed by atoms with van der Waals surface area (Å²) in [5.41, 5.74) is 3.67. The van der Waals surface area contributed by atoms with Crippen molar-refractivity contribution in [2.24, 2.45) is 0 Å². The van der Waals surface area contributed by atoms with Crippen LogP contribution in [-0.4, -0.2) is 52.5 Å². The summed E-state index contributed by atoms with van der Waals surface area (Å²) >= 11 is 0. The first-order valence-electron chi connectivity index (χ1n) is 9.16. The number of aliphatic hydroxyl groups is 1. The molecule has 0 spiro atoms. The molecule has 1 aliphatic rings. The number of aryl methyl sites for hydroxylation is 1. The number of hydrogen-bond acceptors (Lipinski definition) is 5. The molecule has 1 unspecified atom stereocenters. The van der Waals surface area contributed by atoms with Crippen molar-refractivity contribution in [2.75, 3.05) is 26.7 Å². The third-order valence-electron chi connectivity index (χ3n) is 5.00. The van der Waals surface area contributed by atoms with Gasteiger partial charge in [-0.15, -0.1) is 0 Å². The van der Waals surface area contributed by atoms with Crippen LogP contribution in [0.4, 0.5) is 0 Å². The van der Waals surface area contributed by atoms with E-state index in [0.717, 1.165) is 36.6 Å². The number of esters is 1. The van der Waals surface area contributed by atoms with Gasteiger partial charge in [0, 0.05) is 18.2 Å². The first kappa shape index (κ1) is 18.6. The van der Waals surface area contributed by atoms with Crippen molar-refractivity contribution in [3.05, 3.63) is 47.3 Å². The minimum absolute atomic E-state index is 0.0759. The molecule has 3 rings (SSSR count). The highest BCUT2D eigenvalue weighted by Gasteiger charge is 2.22. The van der Waals surface area contributed by atoms with E-state index in [-0.39, 0.29) is 18.5 Å². The van der Waals surface area contributed by atoms with Gasteiger partial charge >= 0.3 is 5.97 Å². The lowest BCUT2D eigenvalue weighted by molar-refractivity contribution is -0.141. The smallest absolute Gasteiger partial charge is 0.306 e. The Morgan fingerprint density at radius 2 is 2.08 bits per heavy atom. The number of carbonyl (C=O) groups is 1. The van der Waals surface area contributed by atoms with Crippen molar-refractivity contribution in [1.29, 1.82) is 0 Å². The molecular formula is C20H27N3O3. The quantitative estimate of drug-likeness (QED) is 0.771. The molecule has 6 heteroatoms. The van der Waals surface area contributed by atoms with Crippen LogP contribution in [0.25, 0.3) is 5.69 Å². The summed E-state index contributed by atoms with van der Waals surface area (Å²) < 4.78 is 6.75. The van der Waals surface area contributed by atoms with Gasteiger partial charge in [-0.2, -0.15) is 5.10 Å². The zero-order chi connectivity index (χ0) is 18.5. The lowest BCUT2D eigenvalue weighted by Gasteiger charge is -2.23. The molecule has 1 aliphatic heterocycles. The average Bonchev–Trinajstić information content (AvgIpc) is 3.30. The number of benzene rings is 1. The van der Waals surface area contributed by atoms with Crippen LogP contribution in [0.15, 0.2) is 30.3 Å². The predicted octanol–water partition coefficient (Wildman–Crippen LogP) is 2.42. The molecule has 1 aromatic heterocycles. The molecule has 0 amide bonds. The lowest BCUT2D eigenvalue weighted by Crippen LogP contribution is -2.27. The topological polar surface area (TPSA) is 67.6 Å². The summed E-state index contributed by atoms with van der Waals surface area (Å²) in [5, 5.41) is 13.8. The van der Waals surface area contributed by atoms with Gasteiger partial charge in [0.15, 0.2) is 0 Å². The van der Waals surface area contributed by atoms with Crippen molar-refractivity contribution in [3.63, 3.8) is 0 Å². The fraction of sp³-hybridized carbons (Fsp3) is 0.500. The van der Waals surface area contributed by atoms with Crippen molar-refractivity contribution < 1.29 is 14.6 Å². The molecular weight excluding hydrogens is 330 g/mol. The van der Waals surface area contributed by atoms with E-state index >= 15 is 0 Å². The van der Waals surface area contributed by atoms with Crippen molar-refractivity contribution >= 4 is 5.97 Å². The maximum absolute atomic E-state index is 11.9. The van der Waals surface area contributed by atoms with Gasteiger partial charge in [0.1, 0.15) is 0 Å². The molecule has 2 heterocycles. The maximum Gasteiger partial charge on any atom is 0.306 e. The average molecular weight is 357 g/mol. The normalized spacial score (nSPS) is 16.0. The number of ether oxygens (including phenoxy) is 1. The number of likely N-dealkylation sites (tertiary alicyclic amines) is 1. The maximum atomic E-state index is 11.9. The number of carbonyl (C=O) groups excluding carboxylic acids is 1. The Hall–Kier alpha value is -2.18. The van der Waals surface area contributed by atoms with Crippen LogP contribution in [0.2, 0.25) is 0 Å². The predicted molar refractivity (Wildman–Crippen MR) is 99.3 cm³/mol. The van der Waals surface area contributed by atoms with Gasteiger partial charge in [-0.1, -0.05) is 12.1 Å². The number of rotatable bonds is 7. The fourth-order valence-electron chi connectivity index (χ4n) is 3.64. The molecule has 1 atom stereocenters. The Labute approximate surface area is 154 Å². The third-order valence-corrected chi connectivity index (χ3v) is 5.00. The van der Waals surface area contributed by atoms with Crippen LogP contribution in [-0.2, 0) is 16.1 Å². The second kappa shape index (κ2) is 8.47. The second-order valence-electron chi connectivity index (χ2n) is 6.93. The Morgan fingerprint density at radius 3 is 2.73 bits per heavy atom. The summed E-state index contributed by atoms with van der Waals surface area (Å²) in [7, 11) is 1.44.